The summed E-state index contributed by atoms with van der Waals surface area (Å²) >= 11 is 0. The van der Waals surface area contributed by atoms with Gasteiger partial charge in [0.2, 0.25) is 0 Å². The van der Waals surface area contributed by atoms with Crippen molar-refractivity contribution in [1.29, 1.82) is 0 Å². The normalized spacial score (nSPS) is 20.4. The lowest BCUT2D eigenvalue weighted by molar-refractivity contribution is -0.149. The van der Waals surface area contributed by atoms with E-state index in [2.05, 4.69) is 20.3 Å². The number of nitrogens with zero attached hydrogens (tertiary/aromatic N) is 5. The van der Waals surface area contributed by atoms with E-state index in [1.54, 1.807) is 4.68 Å². The molecule has 10 heteroatoms. The minimum atomic E-state index is -1.06. The Morgan fingerprint density at radius 2 is 1.42 bits per heavy atom. The Labute approximate surface area is 288 Å². The van der Waals surface area contributed by atoms with Gasteiger partial charge < -0.3 is 10.1 Å². The lowest BCUT2D eigenvalue weighted by Crippen LogP contribution is -2.47. The van der Waals surface area contributed by atoms with E-state index in [0.29, 0.717) is 11.0 Å². The van der Waals surface area contributed by atoms with E-state index < -0.39 is 23.1 Å². The van der Waals surface area contributed by atoms with Crippen LogP contribution in [0.5, 0.6) is 0 Å². The van der Waals surface area contributed by atoms with Gasteiger partial charge in [-0.25, -0.2) is 28.4 Å². The van der Waals surface area contributed by atoms with Gasteiger partial charge in [0.15, 0.2) is 23.1 Å². The third kappa shape index (κ3) is 5.30. The molecule has 3 fully saturated rings. The molecule has 3 heterocycles. The molecule has 4 atom stereocenters. The van der Waals surface area contributed by atoms with Gasteiger partial charge in [-0.3, -0.25) is 4.79 Å². The molecule has 9 rings (SSSR count). The molecular weight excluding hydrogens is 634 g/mol. The van der Waals surface area contributed by atoms with Crippen molar-refractivity contribution in [3.05, 3.63) is 138 Å². The smallest absolute Gasteiger partial charge is 0.311 e. The van der Waals surface area contributed by atoms with E-state index in [1.807, 2.05) is 91.0 Å². The number of hydrogen-bond acceptors (Lipinski definition) is 7. The highest BCUT2D eigenvalue weighted by Gasteiger charge is 2.46. The van der Waals surface area contributed by atoms with Crippen molar-refractivity contribution in [1.82, 2.24) is 24.7 Å². The third-order valence-corrected chi connectivity index (χ3v) is 10.6. The molecule has 3 saturated carbocycles. The van der Waals surface area contributed by atoms with Gasteiger partial charge in [0.1, 0.15) is 17.1 Å². The van der Waals surface area contributed by atoms with Gasteiger partial charge in [-0.15, -0.1) is 0 Å². The number of fused-ring (bicyclic) bond motifs is 5. The Hall–Kier alpha value is -5.51. The zero-order valence-electron chi connectivity index (χ0n) is 27.5. The number of halogens is 2. The summed E-state index contributed by atoms with van der Waals surface area (Å²) in [5, 5.41) is 8.86. The number of pyridine rings is 1. The summed E-state index contributed by atoms with van der Waals surface area (Å²) in [6, 6.07) is 30.9. The molecule has 0 aliphatic heterocycles. The van der Waals surface area contributed by atoms with Crippen molar-refractivity contribution in [2.75, 3.05) is 12.4 Å². The van der Waals surface area contributed by atoms with E-state index in [-0.39, 0.29) is 41.2 Å². The summed E-state index contributed by atoms with van der Waals surface area (Å²) in [7, 11) is 1.40. The summed E-state index contributed by atoms with van der Waals surface area (Å²) in [6.45, 7) is 0. The Balaban J connectivity index is 1.33. The number of methoxy groups -OCH3 is 1. The molecule has 0 amide bonds. The van der Waals surface area contributed by atoms with Crippen LogP contribution in [-0.2, 0) is 15.1 Å². The zero-order valence-corrected chi connectivity index (χ0v) is 27.5. The average molecular weight is 671 g/mol. The highest BCUT2D eigenvalue weighted by molar-refractivity contribution is 5.90. The maximum absolute atomic E-state index is 15.6. The SMILES string of the molecule is COC(=O)[C@@H]1C2CCCC(CC2)C1Nc1nc(-c2nn(C(c3ccccc3)(c3ccccc3)c3ccccc3)c3ncc(F)cc23)ncc1F. The lowest BCUT2D eigenvalue weighted by atomic mass is 9.71. The molecule has 0 saturated heterocycles. The first-order valence-electron chi connectivity index (χ1n) is 17.1. The third-order valence-electron chi connectivity index (χ3n) is 10.6. The molecule has 2 bridgehead atoms. The van der Waals surface area contributed by atoms with Gasteiger partial charge in [-0.2, -0.15) is 5.10 Å². The molecular formula is C40H36F2N6O2. The highest BCUT2D eigenvalue weighted by Crippen LogP contribution is 2.46. The molecule has 3 aromatic carbocycles. The van der Waals surface area contributed by atoms with E-state index in [0.717, 1.165) is 55.0 Å². The molecule has 0 spiro atoms. The molecule has 1 N–H and O–H groups in total. The summed E-state index contributed by atoms with van der Waals surface area (Å²) < 4.78 is 37.7. The van der Waals surface area contributed by atoms with Crippen molar-refractivity contribution in [3.8, 4) is 11.5 Å². The molecule has 0 radical (unpaired) electrons. The van der Waals surface area contributed by atoms with Gasteiger partial charge in [-0.1, -0.05) is 97.4 Å². The van der Waals surface area contributed by atoms with E-state index >= 15 is 8.78 Å². The van der Waals surface area contributed by atoms with Crippen molar-refractivity contribution >= 4 is 22.8 Å². The molecule has 8 nitrogen and oxygen atoms in total. The number of rotatable bonds is 8. The molecule has 3 aliphatic rings. The maximum atomic E-state index is 15.6. The maximum Gasteiger partial charge on any atom is 0.311 e. The number of ether oxygens (including phenoxy) is 1. The van der Waals surface area contributed by atoms with Crippen LogP contribution in [0.15, 0.2) is 109 Å². The van der Waals surface area contributed by atoms with Crippen LogP contribution < -0.4 is 5.32 Å². The van der Waals surface area contributed by atoms with Crippen LogP contribution in [0.1, 0.15) is 48.8 Å². The topological polar surface area (TPSA) is 94.8 Å². The Morgan fingerprint density at radius 3 is 2.04 bits per heavy atom. The van der Waals surface area contributed by atoms with Crippen LogP contribution in [0.3, 0.4) is 0 Å². The van der Waals surface area contributed by atoms with Gasteiger partial charge in [0, 0.05) is 6.04 Å². The second kappa shape index (κ2) is 13.1. The van der Waals surface area contributed by atoms with Gasteiger partial charge in [0.05, 0.1) is 30.8 Å². The van der Waals surface area contributed by atoms with Crippen LogP contribution >= 0.6 is 0 Å². The fourth-order valence-corrected chi connectivity index (χ4v) is 8.37. The van der Waals surface area contributed by atoms with Crippen LogP contribution in [0, 0.1) is 29.4 Å². The number of nitrogens with one attached hydrogen (secondary N) is 1. The van der Waals surface area contributed by atoms with Gasteiger partial charge in [-0.05, 0) is 60.3 Å². The average Bonchev–Trinajstić information content (AvgIpc) is 3.27. The first-order chi connectivity index (χ1) is 24.5. The van der Waals surface area contributed by atoms with Crippen LogP contribution in [0.4, 0.5) is 14.6 Å². The van der Waals surface area contributed by atoms with Crippen LogP contribution in [0.2, 0.25) is 0 Å². The predicted molar refractivity (Wildman–Crippen MR) is 186 cm³/mol. The van der Waals surface area contributed by atoms with E-state index in [9.17, 15) is 4.79 Å². The first kappa shape index (κ1) is 31.7. The van der Waals surface area contributed by atoms with Gasteiger partial charge >= 0.3 is 5.97 Å². The summed E-state index contributed by atoms with van der Waals surface area (Å²) in [5.41, 5.74) is 2.29. The number of hydrogen-bond donors (Lipinski definition) is 1. The number of esters is 1. The highest BCUT2D eigenvalue weighted by atomic mass is 19.1. The number of aromatic nitrogens is 5. The molecule has 3 aliphatic carbocycles. The molecule has 252 valence electrons. The standard InChI is InChI=1S/C40H36F2N6O2/c1-50-39(49)33-25-12-11-13-26(21-20-25)34(33)45-36-32(42)24-43-37(46-36)35-31-22-30(41)23-44-38(31)48(47-35)40(27-14-5-2-6-15-27,28-16-7-3-8-17-28)29-18-9-4-10-19-29/h2-10,14-19,22-26,33-34H,11-13,20-21H2,1H3,(H,43,45,46)/t25?,26?,33-,34?/m1/s1. The number of anilines is 1. The fraction of sp³-hybridized carbons (Fsp3) is 0.275. The van der Waals surface area contributed by atoms with E-state index in [4.69, 9.17) is 9.84 Å². The molecule has 50 heavy (non-hydrogen) atoms. The Bertz CT molecular complexity index is 2040. The minimum Gasteiger partial charge on any atom is -0.469 e. The minimum absolute atomic E-state index is 0.0334. The molecule has 3 aromatic heterocycles. The van der Waals surface area contributed by atoms with Crippen LogP contribution in [0.25, 0.3) is 22.6 Å². The quantitative estimate of drug-likeness (QED) is 0.131. The zero-order chi connectivity index (χ0) is 34.2. The van der Waals surface area contributed by atoms with Crippen molar-refractivity contribution in [2.45, 2.75) is 43.7 Å². The Morgan fingerprint density at radius 1 is 0.820 bits per heavy atom. The number of carbonyl (C=O) groups is 1. The van der Waals surface area contributed by atoms with E-state index in [1.165, 1.54) is 19.4 Å². The summed E-state index contributed by atoms with van der Waals surface area (Å²) in [4.78, 5) is 26.7. The number of carbonyl (C=O) groups excluding carboxylic acids is 1. The lowest BCUT2D eigenvalue weighted by Gasteiger charge is -2.39. The second-order valence-corrected chi connectivity index (χ2v) is 13.2. The second-order valence-electron chi connectivity index (χ2n) is 13.2. The largest absolute Gasteiger partial charge is 0.469 e. The van der Waals surface area contributed by atoms with Crippen molar-refractivity contribution in [3.63, 3.8) is 0 Å². The summed E-state index contributed by atoms with van der Waals surface area (Å²) in [6.07, 6.45) is 7.02. The fourth-order valence-electron chi connectivity index (χ4n) is 8.37. The van der Waals surface area contributed by atoms with Crippen molar-refractivity contribution < 1.29 is 18.3 Å². The van der Waals surface area contributed by atoms with Gasteiger partial charge in [0.25, 0.3) is 0 Å². The first-order valence-corrected chi connectivity index (χ1v) is 17.1. The monoisotopic (exact) mass is 670 g/mol. The molecule has 3 unspecified atom stereocenters. The predicted octanol–water partition coefficient (Wildman–Crippen LogP) is 7.79. The number of benzene rings is 3. The van der Waals surface area contributed by atoms with Crippen LogP contribution in [-0.4, -0.2) is 43.9 Å². The van der Waals surface area contributed by atoms with Crippen molar-refractivity contribution in [2.24, 2.45) is 17.8 Å². The summed E-state index contributed by atoms with van der Waals surface area (Å²) in [5.74, 6) is -1.54. The Kier molecular flexibility index (Phi) is 8.30. The molecule has 6 aromatic rings.